The van der Waals surface area contributed by atoms with Gasteiger partial charge in [-0.05, 0) is 42.7 Å². The fraction of sp³-hybridized carbons (Fsp3) is 0.333. The molecule has 2 aromatic carbocycles. The molecule has 210 valence electrons. The topological polar surface area (TPSA) is 110 Å². The highest BCUT2D eigenvalue weighted by Gasteiger charge is 2.45. The Balaban J connectivity index is 1.20. The van der Waals surface area contributed by atoms with Crippen LogP contribution in [0.1, 0.15) is 47.6 Å². The molecule has 4 aromatic rings. The van der Waals surface area contributed by atoms with E-state index in [9.17, 15) is 18.8 Å². The van der Waals surface area contributed by atoms with Crippen molar-refractivity contribution >= 4 is 40.1 Å². The number of rotatable bonds is 7. The molecule has 1 saturated carbocycles. The number of fused-ring (bicyclic) bond motifs is 1. The third kappa shape index (κ3) is 5.31. The lowest BCUT2D eigenvalue weighted by Gasteiger charge is -2.24. The number of hydrogen-bond donors (Lipinski definition) is 1. The first-order valence-electron chi connectivity index (χ1n) is 13.5. The van der Waals surface area contributed by atoms with Crippen LogP contribution in [-0.2, 0) is 16.1 Å². The van der Waals surface area contributed by atoms with E-state index in [4.69, 9.17) is 11.6 Å². The van der Waals surface area contributed by atoms with Gasteiger partial charge in [0.15, 0.2) is 5.78 Å². The summed E-state index contributed by atoms with van der Waals surface area (Å²) in [4.78, 5) is 48.8. The normalized spacial score (nSPS) is 21.7. The number of halogens is 2. The standard InChI is InChI=1S/C30H28ClFN6O3/c1-16(39)29-23-9-18(19-12-33-17(2)34-13-19)7-8-26(23)38(36-29)15-28(40)37-14-20(32)10-27(37)30(41)35-25-11-22(25)21-5-3-4-6-24(21)31/h3-9,12-13,20,22,25,27H,10-11,14-15H2,1-2H3,(H,35,41)/t20-,22?,25+,27-/m1/s1. The highest BCUT2D eigenvalue weighted by Crippen LogP contribution is 2.43. The molecule has 0 spiro atoms. The maximum Gasteiger partial charge on any atom is 0.245 e. The molecule has 2 aliphatic rings. The van der Waals surface area contributed by atoms with Crippen molar-refractivity contribution in [1.82, 2.24) is 30.0 Å². The Bertz CT molecular complexity index is 1670. The van der Waals surface area contributed by atoms with Gasteiger partial charge in [-0.3, -0.25) is 19.1 Å². The van der Waals surface area contributed by atoms with Crippen LogP contribution in [0.3, 0.4) is 0 Å². The zero-order valence-electron chi connectivity index (χ0n) is 22.6. The second kappa shape index (κ2) is 10.7. The largest absolute Gasteiger partial charge is 0.351 e. The molecule has 4 atom stereocenters. The first-order chi connectivity index (χ1) is 19.7. The summed E-state index contributed by atoms with van der Waals surface area (Å²) >= 11 is 6.31. The predicted octanol–water partition coefficient (Wildman–Crippen LogP) is 4.27. The Kier molecular flexibility index (Phi) is 7.03. The number of likely N-dealkylation sites (tertiary alicyclic amines) is 1. The van der Waals surface area contributed by atoms with Crippen molar-refractivity contribution in [2.75, 3.05) is 6.54 Å². The summed E-state index contributed by atoms with van der Waals surface area (Å²) < 4.78 is 16.0. The fourth-order valence-corrected chi connectivity index (χ4v) is 5.84. The zero-order chi connectivity index (χ0) is 28.8. The molecule has 0 bridgehead atoms. The Labute approximate surface area is 240 Å². The van der Waals surface area contributed by atoms with E-state index in [0.717, 1.165) is 23.1 Å². The molecule has 11 heteroatoms. The monoisotopic (exact) mass is 574 g/mol. The van der Waals surface area contributed by atoms with Crippen LogP contribution in [0.4, 0.5) is 4.39 Å². The van der Waals surface area contributed by atoms with Crippen molar-refractivity contribution in [3.63, 3.8) is 0 Å². The van der Waals surface area contributed by atoms with E-state index in [1.165, 1.54) is 16.5 Å². The Morgan fingerprint density at radius 2 is 1.83 bits per heavy atom. The summed E-state index contributed by atoms with van der Waals surface area (Å²) in [6.07, 6.45) is 2.76. The second-order valence-corrected chi connectivity index (χ2v) is 11.1. The van der Waals surface area contributed by atoms with Crippen molar-refractivity contribution in [3.8, 4) is 11.1 Å². The molecular formula is C30H28ClFN6O3. The average molecular weight is 575 g/mol. The third-order valence-corrected chi connectivity index (χ3v) is 8.12. The van der Waals surface area contributed by atoms with Crippen LogP contribution in [0.5, 0.6) is 0 Å². The number of carbonyl (C=O) groups excluding carboxylic acids is 3. The average Bonchev–Trinajstić information content (AvgIpc) is 3.43. The number of ketones is 1. The zero-order valence-corrected chi connectivity index (χ0v) is 23.3. The summed E-state index contributed by atoms with van der Waals surface area (Å²) in [5.74, 6) is -0.334. The smallest absolute Gasteiger partial charge is 0.245 e. The molecule has 1 aliphatic heterocycles. The number of aromatic nitrogens is 4. The summed E-state index contributed by atoms with van der Waals surface area (Å²) in [5.41, 5.74) is 3.35. The molecule has 1 N–H and O–H groups in total. The highest BCUT2D eigenvalue weighted by atomic mass is 35.5. The number of aryl methyl sites for hydroxylation is 1. The van der Waals surface area contributed by atoms with Gasteiger partial charge in [-0.1, -0.05) is 35.9 Å². The molecular weight excluding hydrogens is 547 g/mol. The quantitative estimate of drug-likeness (QED) is 0.330. The maximum absolute atomic E-state index is 14.6. The van der Waals surface area contributed by atoms with E-state index in [1.54, 1.807) is 25.4 Å². The number of carbonyl (C=O) groups is 3. The lowest BCUT2D eigenvalue weighted by Crippen LogP contribution is -2.47. The van der Waals surface area contributed by atoms with Gasteiger partial charge in [-0.2, -0.15) is 5.10 Å². The van der Waals surface area contributed by atoms with Gasteiger partial charge in [0.1, 0.15) is 30.3 Å². The van der Waals surface area contributed by atoms with Crippen molar-refractivity contribution in [3.05, 3.63) is 77.0 Å². The molecule has 1 unspecified atom stereocenters. The number of Topliss-reactive ketones (excluding diaryl/α,β-unsaturated/α-hetero) is 1. The van der Waals surface area contributed by atoms with Crippen LogP contribution in [0.25, 0.3) is 22.0 Å². The van der Waals surface area contributed by atoms with Crippen molar-refractivity contribution in [2.45, 2.75) is 57.4 Å². The van der Waals surface area contributed by atoms with E-state index >= 15 is 0 Å². The first-order valence-corrected chi connectivity index (χ1v) is 13.9. The van der Waals surface area contributed by atoms with Crippen LogP contribution in [0.2, 0.25) is 5.02 Å². The molecule has 2 amide bonds. The molecule has 9 nitrogen and oxygen atoms in total. The van der Waals surface area contributed by atoms with Gasteiger partial charge in [0.2, 0.25) is 11.8 Å². The molecule has 3 heterocycles. The minimum atomic E-state index is -1.31. The van der Waals surface area contributed by atoms with Gasteiger partial charge >= 0.3 is 0 Å². The minimum absolute atomic E-state index is 0.0679. The molecule has 2 aromatic heterocycles. The van der Waals surface area contributed by atoms with Gasteiger partial charge in [0, 0.05) is 53.7 Å². The predicted molar refractivity (Wildman–Crippen MR) is 151 cm³/mol. The van der Waals surface area contributed by atoms with Gasteiger partial charge in [-0.25, -0.2) is 14.4 Å². The van der Waals surface area contributed by atoms with E-state index in [0.29, 0.717) is 21.7 Å². The van der Waals surface area contributed by atoms with E-state index in [1.807, 2.05) is 36.4 Å². The molecule has 1 aliphatic carbocycles. The number of alkyl halides is 1. The van der Waals surface area contributed by atoms with Crippen LogP contribution in [0, 0.1) is 6.92 Å². The number of hydrogen-bond acceptors (Lipinski definition) is 6. The van der Waals surface area contributed by atoms with Gasteiger partial charge in [-0.15, -0.1) is 0 Å². The molecule has 41 heavy (non-hydrogen) atoms. The third-order valence-electron chi connectivity index (χ3n) is 7.78. The fourth-order valence-electron chi connectivity index (χ4n) is 5.56. The lowest BCUT2D eigenvalue weighted by molar-refractivity contribution is -0.139. The number of nitrogens with zero attached hydrogens (tertiary/aromatic N) is 5. The van der Waals surface area contributed by atoms with Gasteiger partial charge in [0.25, 0.3) is 0 Å². The van der Waals surface area contributed by atoms with Crippen LogP contribution in [-0.4, -0.2) is 67.0 Å². The molecule has 6 rings (SSSR count). The van der Waals surface area contributed by atoms with Crippen molar-refractivity contribution < 1.29 is 18.8 Å². The maximum atomic E-state index is 14.6. The molecule has 2 fully saturated rings. The van der Waals surface area contributed by atoms with Crippen LogP contribution < -0.4 is 5.32 Å². The SMILES string of the molecule is CC(=O)c1nn(CC(=O)N2C[C@H](F)C[C@@H]2C(=O)N[C@H]2CC2c2ccccc2Cl)c2ccc(-c3cnc(C)nc3)cc12. The Morgan fingerprint density at radius 3 is 2.56 bits per heavy atom. The summed E-state index contributed by atoms with van der Waals surface area (Å²) in [7, 11) is 0. The van der Waals surface area contributed by atoms with E-state index in [-0.39, 0.29) is 48.9 Å². The van der Waals surface area contributed by atoms with Crippen LogP contribution >= 0.6 is 11.6 Å². The molecule has 1 saturated heterocycles. The Hall–Kier alpha value is -4.18. The Morgan fingerprint density at radius 1 is 1.07 bits per heavy atom. The summed E-state index contributed by atoms with van der Waals surface area (Å²) in [5, 5.41) is 8.64. The molecule has 0 radical (unpaired) electrons. The first kappa shape index (κ1) is 27.0. The summed E-state index contributed by atoms with van der Waals surface area (Å²) in [6, 6.07) is 11.9. The van der Waals surface area contributed by atoms with Crippen molar-refractivity contribution in [2.24, 2.45) is 0 Å². The number of benzene rings is 2. The summed E-state index contributed by atoms with van der Waals surface area (Å²) in [6.45, 7) is 2.80. The second-order valence-electron chi connectivity index (χ2n) is 10.7. The lowest BCUT2D eigenvalue weighted by atomic mass is 10.0. The number of nitrogens with one attached hydrogen (secondary N) is 1. The van der Waals surface area contributed by atoms with E-state index in [2.05, 4.69) is 20.4 Å². The highest BCUT2D eigenvalue weighted by molar-refractivity contribution is 6.31. The van der Waals surface area contributed by atoms with Crippen molar-refractivity contribution in [1.29, 1.82) is 0 Å². The van der Waals surface area contributed by atoms with Gasteiger partial charge < -0.3 is 10.2 Å². The van der Waals surface area contributed by atoms with Crippen LogP contribution in [0.15, 0.2) is 54.9 Å². The van der Waals surface area contributed by atoms with E-state index < -0.39 is 18.1 Å². The van der Waals surface area contributed by atoms with Gasteiger partial charge in [0.05, 0.1) is 12.1 Å². The minimum Gasteiger partial charge on any atom is -0.351 e. The number of amides is 2.